The van der Waals surface area contributed by atoms with Crippen molar-refractivity contribution in [3.8, 4) is 17.3 Å². The van der Waals surface area contributed by atoms with Crippen LogP contribution >= 0.6 is 0 Å². The van der Waals surface area contributed by atoms with E-state index in [2.05, 4.69) is 11.1 Å². The number of hydrogen-bond donors (Lipinski definition) is 0. The normalized spacial score (nSPS) is 10.2. The Morgan fingerprint density at radius 2 is 1.72 bits per heavy atom. The number of fused-ring (bicyclic) bond motifs is 1. The van der Waals surface area contributed by atoms with E-state index in [4.69, 9.17) is 5.26 Å². The SMILES string of the molecule is N#Cc1ccc2cc(-c3ccccc3)ncc2c1. The van der Waals surface area contributed by atoms with E-state index < -0.39 is 0 Å². The predicted octanol–water partition coefficient (Wildman–Crippen LogP) is 3.77. The molecule has 0 unspecified atom stereocenters. The molecular weight excluding hydrogens is 220 g/mol. The maximum Gasteiger partial charge on any atom is 0.0991 e. The summed E-state index contributed by atoms with van der Waals surface area (Å²) in [6.45, 7) is 0. The number of nitrogens with zero attached hydrogens (tertiary/aromatic N) is 2. The molecule has 0 saturated heterocycles. The quantitative estimate of drug-likeness (QED) is 0.638. The van der Waals surface area contributed by atoms with Crippen LogP contribution in [0, 0.1) is 11.3 Å². The number of nitriles is 1. The summed E-state index contributed by atoms with van der Waals surface area (Å²) in [6, 6.07) is 19.9. The van der Waals surface area contributed by atoms with Crippen LogP contribution in [0.2, 0.25) is 0 Å². The highest BCUT2D eigenvalue weighted by molar-refractivity contribution is 5.86. The number of pyridine rings is 1. The molecule has 0 spiro atoms. The van der Waals surface area contributed by atoms with Crippen molar-refractivity contribution in [1.29, 1.82) is 5.26 Å². The van der Waals surface area contributed by atoms with Crippen LogP contribution < -0.4 is 0 Å². The third kappa shape index (κ3) is 1.83. The number of hydrogen-bond acceptors (Lipinski definition) is 2. The van der Waals surface area contributed by atoms with E-state index in [1.807, 2.05) is 60.8 Å². The molecule has 0 saturated carbocycles. The molecular formula is C16H10N2. The van der Waals surface area contributed by atoms with Crippen LogP contribution in [0.3, 0.4) is 0 Å². The van der Waals surface area contributed by atoms with E-state index in [9.17, 15) is 0 Å². The average Bonchev–Trinajstić information content (AvgIpc) is 2.47. The summed E-state index contributed by atoms with van der Waals surface area (Å²) in [5.74, 6) is 0. The van der Waals surface area contributed by atoms with Gasteiger partial charge in [0.15, 0.2) is 0 Å². The second kappa shape index (κ2) is 4.31. The molecule has 18 heavy (non-hydrogen) atoms. The molecule has 0 fully saturated rings. The number of benzene rings is 2. The van der Waals surface area contributed by atoms with Crippen molar-refractivity contribution in [2.24, 2.45) is 0 Å². The standard InChI is InChI=1S/C16H10N2/c17-10-12-6-7-14-9-16(18-11-15(14)8-12)13-4-2-1-3-5-13/h1-9,11H. The fraction of sp³-hybridized carbons (Fsp3) is 0. The van der Waals surface area contributed by atoms with Gasteiger partial charge in [0, 0.05) is 17.1 Å². The van der Waals surface area contributed by atoms with Crippen LogP contribution in [0.5, 0.6) is 0 Å². The van der Waals surface area contributed by atoms with Gasteiger partial charge in [-0.05, 0) is 23.6 Å². The fourth-order valence-corrected chi connectivity index (χ4v) is 1.98. The molecule has 2 nitrogen and oxygen atoms in total. The molecule has 0 N–H and O–H groups in total. The lowest BCUT2D eigenvalue weighted by Gasteiger charge is -2.03. The second-order valence-corrected chi connectivity index (χ2v) is 4.11. The largest absolute Gasteiger partial charge is 0.256 e. The molecule has 2 aromatic carbocycles. The highest BCUT2D eigenvalue weighted by Gasteiger charge is 2.01. The zero-order chi connectivity index (χ0) is 12.4. The number of rotatable bonds is 1. The summed E-state index contributed by atoms with van der Waals surface area (Å²) in [5.41, 5.74) is 2.72. The Morgan fingerprint density at radius 1 is 0.889 bits per heavy atom. The van der Waals surface area contributed by atoms with Gasteiger partial charge in [0.1, 0.15) is 0 Å². The summed E-state index contributed by atoms with van der Waals surface area (Å²) >= 11 is 0. The average molecular weight is 230 g/mol. The van der Waals surface area contributed by atoms with Crippen molar-refractivity contribution >= 4 is 10.8 Å². The summed E-state index contributed by atoms with van der Waals surface area (Å²) in [4.78, 5) is 4.44. The number of aromatic nitrogens is 1. The van der Waals surface area contributed by atoms with Crippen molar-refractivity contribution in [3.05, 3.63) is 66.4 Å². The van der Waals surface area contributed by atoms with Crippen molar-refractivity contribution in [1.82, 2.24) is 4.98 Å². The molecule has 0 bridgehead atoms. The Hall–Kier alpha value is -2.66. The Bertz CT molecular complexity index is 740. The summed E-state index contributed by atoms with van der Waals surface area (Å²) in [6.07, 6.45) is 1.82. The second-order valence-electron chi connectivity index (χ2n) is 4.11. The van der Waals surface area contributed by atoms with Gasteiger partial charge in [-0.25, -0.2) is 0 Å². The lowest BCUT2D eigenvalue weighted by Crippen LogP contribution is -1.84. The zero-order valence-corrected chi connectivity index (χ0v) is 9.67. The lowest BCUT2D eigenvalue weighted by atomic mass is 10.1. The van der Waals surface area contributed by atoms with Crippen molar-refractivity contribution < 1.29 is 0 Å². The van der Waals surface area contributed by atoms with Gasteiger partial charge in [0.2, 0.25) is 0 Å². The lowest BCUT2D eigenvalue weighted by molar-refractivity contribution is 1.35. The third-order valence-corrected chi connectivity index (χ3v) is 2.92. The van der Waals surface area contributed by atoms with Crippen LogP contribution in [-0.2, 0) is 0 Å². The van der Waals surface area contributed by atoms with Crippen LogP contribution in [0.15, 0.2) is 60.8 Å². The van der Waals surface area contributed by atoms with Crippen LogP contribution in [0.1, 0.15) is 5.56 Å². The van der Waals surface area contributed by atoms with Gasteiger partial charge in [0.25, 0.3) is 0 Å². The van der Waals surface area contributed by atoms with E-state index >= 15 is 0 Å². The molecule has 0 amide bonds. The molecule has 0 radical (unpaired) electrons. The Labute approximate surface area is 105 Å². The van der Waals surface area contributed by atoms with E-state index in [1.165, 1.54) is 0 Å². The zero-order valence-electron chi connectivity index (χ0n) is 9.67. The van der Waals surface area contributed by atoms with Gasteiger partial charge >= 0.3 is 0 Å². The van der Waals surface area contributed by atoms with Crippen LogP contribution in [-0.4, -0.2) is 4.98 Å². The molecule has 84 valence electrons. The highest BCUT2D eigenvalue weighted by atomic mass is 14.7. The Kier molecular flexibility index (Phi) is 2.51. The highest BCUT2D eigenvalue weighted by Crippen LogP contribution is 2.22. The molecule has 1 heterocycles. The minimum absolute atomic E-state index is 0.664. The first-order valence-corrected chi connectivity index (χ1v) is 5.72. The van der Waals surface area contributed by atoms with E-state index in [-0.39, 0.29) is 0 Å². The maximum atomic E-state index is 8.86. The predicted molar refractivity (Wildman–Crippen MR) is 71.9 cm³/mol. The van der Waals surface area contributed by atoms with Gasteiger partial charge in [-0.3, -0.25) is 4.98 Å². The van der Waals surface area contributed by atoms with Gasteiger partial charge in [0.05, 0.1) is 17.3 Å². The van der Waals surface area contributed by atoms with Gasteiger partial charge in [-0.2, -0.15) is 5.26 Å². The smallest absolute Gasteiger partial charge is 0.0991 e. The van der Waals surface area contributed by atoms with Crippen molar-refractivity contribution in [3.63, 3.8) is 0 Å². The summed E-state index contributed by atoms with van der Waals surface area (Å²) in [5, 5.41) is 11.0. The van der Waals surface area contributed by atoms with Gasteiger partial charge in [-0.15, -0.1) is 0 Å². The molecule has 0 aliphatic rings. The molecule has 3 aromatic rings. The van der Waals surface area contributed by atoms with E-state index in [0.717, 1.165) is 22.0 Å². The minimum atomic E-state index is 0.664. The van der Waals surface area contributed by atoms with Crippen molar-refractivity contribution in [2.75, 3.05) is 0 Å². The fourth-order valence-electron chi connectivity index (χ4n) is 1.98. The van der Waals surface area contributed by atoms with Crippen molar-refractivity contribution in [2.45, 2.75) is 0 Å². The summed E-state index contributed by atoms with van der Waals surface area (Å²) in [7, 11) is 0. The monoisotopic (exact) mass is 230 g/mol. The molecule has 0 aliphatic heterocycles. The van der Waals surface area contributed by atoms with E-state index in [0.29, 0.717) is 5.56 Å². The maximum absolute atomic E-state index is 8.86. The first-order valence-electron chi connectivity index (χ1n) is 5.72. The Morgan fingerprint density at radius 3 is 2.50 bits per heavy atom. The first-order chi connectivity index (χ1) is 8.86. The topological polar surface area (TPSA) is 36.7 Å². The molecule has 1 aromatic heterocycles. The molecule has 0 aliphatic carbocycles. The molecule has 0 atom stereocenters. The third-order valence-electron chi connectivity index (χ3n) is 2.92. The summed E-state index contributed by atoms with van der Waals surface area (Å²) < 4.78 is 0. The van der Waals surface area contributed by atoms with E-state index in [1.54, 1.807) is 0 Å². The van der Waals surface area contributed by atoms with Gasteiger partial charge in [-0.1, -0.05) is 36.4 Å². The van der Waals surface area contributed by atoms with Crippen LogP contribution in [0.25, 0.3) is 22.0 Å². The Balaban J connectivity index is 2.16. The van der Waals surface area contributed by atoms with Gasteiger partial charge < -0.3 is 0 Å². The molecule has 2 heteroatoms. The molecule has 3 rings (SSSR count). The first kappa shape index (κ1) is 10.5. The minimum Gasteiger partial charge on any atom is -0.256 e. The van der Waals surface area contributed by atoms with Crippen LogP contribution in [0.4, 0.5) is 0 Å².